The number of hydrogen-bond donors (Lipinski definition) is 2. The number of halogens is 1. The van der Waals surface area contributed by atoms with Gasteiger partial charge in [0.25, 0.3) is 0 Å². The summed E-state index contributed by atoms with van der Waals surface area (Å²) in [7, 11) is 0. The summed E-state index contributed by atoms with van der Waals surface area (Å²) in [4.78, 5) is 15.3. The average Bonchev–Trinajstić information content (AvgIpc) is 2.50. The Morgan fingerprint density at radius 2 is 2.00 bits per heavy atom. The number of benzene rings is 1. The lowest BCUT2D eigenvalue weighted by molar-refractivity contribution is -0.120. The number of carbonyl (C=O) groups excluding carboxylic acids is 1. The smallest absolute Gasteiger partial charge is 0.220 e. The van der Waals surface area contributed by atoms with Crippen LogP contribution in [-0.2, 0) is 4.79 Å². The summed E-state index contributed by atoms with van der Waals surface area (Å²) in [6, 6.07) is 8.18. The van der Waals surface area contributed by atoms with E-state index in [1.807, 2.05) is 12.1 Å². The van der Waals surface area contributed by atoms with Crippen LogP contribution in [0.1, 0.15) is 6.42 Å². The fourth-order valence-electron chi connectivity index (χ4n) is 2.17. The number of thioether (sulfide) groups is 1. The van der Waals surface area contributed by atoms with Gasteiger partial charge in [0, 0.05) is 60.8 Å². The van der Waals surface area contributed by atoms with Gasteiger partial charge in [0.2, 0.25) is 5.91 Å². The standard InChI is InChI=1S/C15H22BrN3OS/c16-13-1-3-14(4-2-13)21-12-5-15(20)18-8-11-19-9-6-17-7-10-19/h1-4,17H,5-12H2,(H,18,20). The Labute approximate surface area is 139 Å². The number of piperazine rings is 1. The summed E-state index contributed by atoms with van der Waals surface area (Å²) >= 11 is 5.14. The number of rotatable bonds is 7. The van der Waals surface area contributed by atoms with Gasteiger partial charge in [0.15, 0.2) is 0 Å². The van der Waals surface area contributed by atoms with Gasteiger partial charge in [-0.2, -0.15) is 0 Å². The minimum atomic E-state index is 0.148. The number of hydrogen-bond acceptors (Lipinski definition) is 4. The maximum atomic E-state index is 11.8. The molecule has 0 bridgehead atoms. The first-order valence-corrected chi connectivity index (χ1v) is 9.10. The van der Waals surface area contributed by atoms with E-state index in [2.05, 4.69) is 43.6 Å². The van der Waals surface area contributed by atoms with Crippen molar-refractivity contribution >= 4 is 33.6 Å². The predicted octanol–water partition coefficient (Wildman–Crippen LogP) is 1.95. The molecule has 1 fully saturated rings. The van der Waals surface area contributed by atoms with Crippen LogP contribution in [0.25, 0.3) is 0 Å². The summed E-state index contributed by atoms with van der Waals surface area (Å²) in [6.45, 7) is 5.97. The third kappa shape index (κ3) is 6.82. The summed E-state index contributed by atoms with van der Waals surface area (Å²) in [5, 5.41) is 6.33. The highest BCUT2D eigenvalue weighted by Gasteiger charge is 2.09. The van der Waals surface area contributed by atoms with Crippen LogP contribution in [0.4, 0.5) is 0 Å². The highest BCUT2D eigenvalue weighted by molar-refractivity contribution is 9.10. The molecule has 1 aromatic rings. The lowest BCUT2D eigenvalue weighted by Gasteiger charge is -2.27. The molecule has 0 spiro atoms. The van der Waals surface area contributed by atoms with Crippen molar-refractivity contribution in [3.8, 4) is 0 Å². The molecule has 1 amide bonds. The van der Waals surface area contributed by atoms with Crippen molar-refractivity contribution < 1.29 is 4.79 Å². The maximum absolute atomic E-state index is 11.8. The zero-order chi connectivity index (χ0) is 14.9. The first kappa shape index (κ1) is 16.8. The van der Waals surface area contributed by atoms with Crippen LogP contribution >= 0.6 is 27.7 Å². The molecule has 1 aliphatic rings. The average molecular weight is 372 g/mol. The third-order valence-electron chi connectivity index (χ3n) is 3.37. The fraction of sp³-hybridized carbons (Fsp3) is 0.533. The minimum absolute atomic E-state index is 0.148. The molecule has 0 atom stereocenters. The highest BCUT2D eigenvalue weighted by Crippen LogP contribution is 2.20. The zero-order valence-corrected chi connectivity index (χ0v) is 14.5. The molecule has 1 heterocycles. The monoisotopic (exact) mass is 371 g/mol. The van der Waals surface area contributed by atoms with E-state index in [4.69, 9.17) is 0 Å². The van der Waals surface area contributed by atoms with Gasteiger partial charge in [-0.25, -0.2) is 0 Å². The quantitative estimate of drug-likeness (QED) is 0.719. The molecule has 116 valence electrons. The lowest BCUT2D eigenvalue weighted by Crippen LogP contribution is -2.46. The Kier molecular flexibility index (Phi) is 7.57. The molecule has 2 N–H and O–H groups in total. The van der Waals surface area contributed by atoms with Crippen LogP contribution in [0.3, 0.4) is 0 Å². The summed E-state index contributed by atoms with van der Waals surface area (Å²) in [6.07, 6.45) is 0.572. The van der Waals surface area contributed by atoms with Crippen LogP contribution < -0.4 is 10.6 Å². The minimum Gasteiger partial charge on any atom is -0.355 e. The van der Waals surface area contributed by atoms with Crippen LogP contribution in [-0.4, -0.2) is 55.8 Å². The van der Waals surface area contributed by atoms with Crippen molar-refractivity contribution in [1.82, 2.24) is 15.5 Å². The van der Waals surface area contributed by atoms with Crippen molar-refractivity contribution in [2.45, 2.75) is 11.3 Å². The third-order valence-corrected chi connectivity index (χ3v) is 4.91. The Balaban J connectivity index is 1.54. The maximum Gasteiger partial charge on any atom is 0.220 e. The summed E-state index contributed by atoms with van der Waals surface area (Å²) in [5.74, 6) is 0.968. The van der Waals surface area contributed by atoms with E-state index in [1.54, 1.807) is 11.8 Å². The van der Waals surface area contributed by atoms with Crippen molar-refractivity contribution in [3.05, 3.63) is 28.7 Å². The molecule has 1 aliphatic heterocycles. The molecule has 0 radical (unpaired) electrons. The van der Waals surface area contributed by atoms with Gasteiger partial charge >= 0.3 is 0 Å². The van der Waals surface area contributed by atoms with E-state index < -0.39 is 0 Å². The molecular weight excluding hydrogens is 350 g/mol. The Morgan fingerprint density at radius 1 is 1.29 bits per heavy atom. The topological polar surface area (TPSA) is 44.4 Å². The SMILES string of the molecule is O=C(CCSc1ccc(Br)cc1)NCCN1CCNCC1. The van der Waals surface area contributed by atoms with Gasteiger partial charge in [0.05, 0.1) is 0 Å². The predicted molar refractivity (Wildman–Crippen MR) is 91.8 cm³/mol. The largest absolute Gasteiger partial charge is 0.355 e. The van der Waals surface area contributed by atoms with E-state index in [0.717, 1.165) is 49.5 Å². The van der Waals surface area contributed by atoms with Gasteiger partial charge < -0.3 is 10.6 Å². The number of carbonyl (C=O) groups is 1. The van der Waals surface area contributed by atoms with Crippen molar-refractivity contribution in [1.29, 1.82) is 0 Å². The van der Waals surface area contributed by atoms with E-state index in [1.165, 1.54) is 4.90 Å². The van der Waals surface area contributed by atoms with Crippen molar-refractivity contribution in [2.75, 3.05) is 45.0 Å². The second-order valence-corrected chi connectivity index (χ2v) is 7.08. The molecule has 1 saturated heterocycles. The van der Waals surface area contributed by atoms with Crippen LogP contribution in [0.5, 0.6) is 0 Å². The van der Waals surface area contributed by atoms with Crippen LogP contribution in [0, 0.1) is 0 Å². The summed E-state index contributed by atoms with van der Waals surface area (Å²) < 4.78 is 1.08. The molecule has 1 aromatic carbocycles. The molecule has 21 heavy (non-hydrogen) atoms. The van der Waals surface area contributed by atoms with Gasteiger partial charge in [-0.05, 0) is 24.3 Å². The van der Waals surface area contributed by atoms with Crippen LogP contribution in [0.15, 0.2) is 33.6 Å². The van der Waals surface area contributed by atoms with Crippen LogP contribution in [0.2, 0.25) is 0 Å². The molecule has 0 unspecified atom stereocenters. The molecule has 0 aromatic heterocycles. The Hall–Kier alpha value is -0.560. The Bertz CT molecular complexity index is 435. The van der Waals surface area contributed by atoms with Gasteiger partial charge in [-0.3, -0.25) is 9.69 Å². The molecule has 6 heteroatoms. The fourth-order valence-corrected chi connectivity index (χ4v) is 3.29. The number of nitrogens with zero attached hydrogens (tertiary/aromatic N) is 1. The van der Waals surface area contributed by atoms with Gasteiger partial charge in [-0.1, -0.05) is 15.9 Å². The van der Waals surface area contributed by atoms with E-state index in [9.17, 15) is 4.79 Å². The van der Waals surface area contributed by atoms with E-state index in [0.29, 0.717) is 6.42 Å². The Morgan fingerprint density at radius 3 is 2.71 bits per heavy atom. The molecular formula is C15H22BrN3OS. The van der Waals surface area contributed by atoms with E-state index in [-0.39, 0.29) is 5.91 Å². The van der Waals surface area contributed by atoms with Gasteiger partial charge in [0.1, 0.15) is 0 Å². The second-order valence-electron chi connectivity index (χ2n) is 4.99. The van der Waals surface area contributed by atoms with E-state index >= 15 is 0 Å². The normalized spacial score (nSPS) is 15.9. The van der Waals surface area contributed by atoms with Crippen molar-refractivity contribution in [2.24, 2.45) is 0 Å². The van der Waals surface area contributed by atoms with Crippen molar-refractivity contribution in [3.63, 3.8) is 0 Å². The number of amides is 1. The lowest BCUT2D eigenvalue weighted by atomic mass is 10.3. The molecule has 4 nitrogen and oxygen atoms in total. The molecule has 0 aliphatic carbocycles. The van der Waals surface area contributed by atoms with Gasteiger partial charge in [-0.15, -0.1) is 11.8 Å². The summed E-state index contributed by atoms with van der Waals surface area (Å²) in [5.41, 5.74) is 0. The first-order valence-electron chi connectivity index (χ1n) is 7.32. The molecule has 2 rings (SSSR count). The molecule has 0 saturated carbocycles. The zero-order valence-electron chi connectivity index (χ0n) is 12.1. The second kappa shape index (κ2) is 9.46. The first-order chi connectivity index (χ1) is 10.2. The number of nitrogens with one attached hydrogen (secondary N) is 2. The highest BCUT2D eigenvalue weighted by atomic mass is 79.9.